The summed E-state index contributed by atoms with van der Waals surface area (Å²) in [6.45, 7) is 4.00. The average Bonchev–Trinajstić information content (AvgIpc) is 1.84. The molecule has 3 amide bonds. The molecule has 0 aromatic rings. The molecular weight excluding hydrogens is 158 g/mol. The molecule has 0 rings (SSSR count). The molecule has 0 aromatic heterocycles. The SMILES string of the molecule is CC(C)NC(=O)NCCC(N)=O. The predicted molar refractivity (Wildman–Crippen MR) is 45.5 cm³/mol. The highest BCUT2D eigenvalue weighted by Crippen LogP contribution is 1.77. The van der Waals surface area contributed by atoms with Gasteiger partial charge in [-0.1, -0.05) is 0 Å². The number of hydrogen-bond donors (Lipinski definition) is 3. The summed E-state index contributed by atoms with van der Waals surface area (Å²) in [5.41, 5.74) is 4.87. The molecule has 0 aliphatic rings. The summed E-state index contributed by atoms with van der Waals surface area (Å²) < 4.78 is 0. The lowest BCUT2D eigenvalue weighted by Crippen LogP contribution is -2.40. The van der Waals surface area contributed by atoms with E-state index in [1.165, 1.54) is 0 Å². The van der Waals surface area contributed by atoms with Crippen LogP contribution in [-0.2, 0) is 4.79 Å². The number of primary amides is 1. The third-order valence-corrected chi connectivity index (χ3v) is 1.08. The van der Waals surface area contributed by atoms with E-state index in [2.05, 4.69) is 10.6 Å². The monoisotopic (exact) mass is 173 g/mol. The fourth-order valence-corrected chi connectivity index (χ4v) is 0.612. The van der Waals surface area contributed by atoms with Crippen LogP contribution in [-0.4, -0.2) is 24.5 Å². The predicted octanol–water partition coefficient (Wildman–Crippen LogP) is -0.431. The zero-order valence-electron chi connectivity index (χ0n) is 7.39. The van der Waals surface area contributed by atoms with Crippen molar-refractivity contribution in [1.29, 1.82) is 0 Å². The first kappa shape index (κ1) is 10.7. The number of hydrogen-bond acceptors (Lipinski definition) is 2. The van der Waals surface area contributed by atoms with Crippen molar-refractivity contribution in [2.24, 2.45) is 5.73 Å². The van der Waals surface area contributed by atoms with Crippen LogP contribution >= 0.6 is 0 Å². The van der Waals surface area contributed by atoms with E-state index in [0.29, 0.717) is 0 Å². The van der Waals surface area contributed by atoms with Crippen molar-refractivity contribution in [2.45, 2.75) is 26.3 Å². The van der Waals surface area contributed by atoms with E-state index in [-0.39, 0.29) is 25.0 Å². The van der Waals surface area contributed by atoms with Crippen LogP contribution in [0.5, 0.6) is 0 Å². The van der Waals surface area contributed by atoms with Crippen LogP contribution < -0.4 is 16.4 Å². The molecule has 0 saturated carbocycles. The molecule has 70 valence electrons. The second kappa shape index (κ2) is 5.40. The fraction of sp³-hybridized carbons (Fsp3) is 0.714. The number of rotatable bonds is 4. The number of carbonyl (C=O) groups excluding carboxylic acids is 2. The molecule has 4 N–H and O–H groups in total. The molecule has 0 atom stereocenters. The first-order valence-corrected chi connectivity index (χ1v) is 3.85. The summed E-state index contributed by atoms with van der Waals surface area (Å²) in [5, 5.41) is 5.11. The molecular formula is C7H15N3O2. The van der Waals surface area contributed by atoms with Crippen molar-refractivity contribution < 1.29 is 9.59 Å². The minimum atomic E-state index is -0.417. The van der Waals surface area contributed by atoms with Gasteiger partial charge in [-0.3, -0.25) is 4.79 Å². The van der Waals surface area contributed by atoms with Gasteiger partial charge < -0.3 is 16.4 Å². The standard InChI is InChI=1S/C7H15N3O2/c1-5(2)10-7(12)9-4-3-6(8)11/h5H,3-4H2,1-2H3,(H2,8,11)(H2,9,10,12). The Bertz CT molecular complexity index is 168. The van der Waals surface area contributed by atoms with E-state index in [9.17, 15) is 9.59 Å². The maximum Gasteiger partial charge on any atom is 0.315 e. The second-order valence-corrected chi connectivity index (χ2v) is 2.77. The van der Waals surface area contributed by atoms with Gasteiger partial charge in [-0.2, -0.15) is 0 Å². The van der Waals surface area contributed by atoms with Gasteiger partial charge in [-0.15, -0.1) is 0 Å². The maximum atomic E-state index is 10.9. The summed E-state index contributed by atoms with van der Waals surface area (Å²) in [7, 11) is 0. The Kier molecular flexibility index (Phi) is 4.83. The highest BCUT2D eigenvalue weighted by atomic mass is 16.2. The Morgan fingerprint density at radius 2 is 2.00 bits per heavy atom. The molecule has 0 aliphatic carbocycles. The molecule has 0 unspecified atom stereocenters. The topological polar surface area (TPSA) is 84.2 Å². The zero-order valence-corrected chi connectivity index (χ0v) is 7.39. The highest BCUT2D eigenvalue weighted by molar-refractivity contribution is 5.76. The van der Waals surface area contributed by atoms with Gasteiger partial charge in [0.05, 0.1) is 0 Å². The lowest BCUT2D eigenvalue weighted by molar-refractivity contribution is -0.117. The van der Waals surface area contributed by atoms with Crippen LogP contribution in [0.4, 0.5) is 4.79 Å². The van der Waals surface area contributed by atoms with Crippen LogP contribution in [0.25, 0.3) is 0 Å². The Hall–Kier alpha value is -1.26. The number of nitrogens with one attached hydrogen (secondary N) is 2. The molecule has 0 spiro atoms. The van der Waals surface area contributed by atoms with E-state index in [4.69, 9.17) is 5.73 Å². The lowest BCUT2D eigenvalue weighted by Gasteiger charge is -2.08. The first-order valence-electron chi connectivity index (χ1n) is 3.85. The van der Waals surface area contributed by atoms with E-state index in [1.807, 2.05) is 13.8 Å². The van der Waals surface area contributed by atoms with E-state index < -0.39 is 5.91 Å². The van der Waals surface area contributed by atoms with Gasteiger partial charge in [-0.05, 0) is 13.8 Å². The number of nitrogens with two attached hydrogens (primary N) is 1. The molecule has 5 nitrogen and oxygen atoms in total. The van der Waals surface area contributed by atoms with Crippen molar-refractivity contribution >= 4 is 11.9 Å². The molecule has 0 saturated heterocycles. The van der Waals surface area contributed by atoms with Crippen molar-refractivity contribution in [3.63, 3.8) is 0 Å². The highest BCUT2D eigenvalue weighted by Gasteiger charge is 2.01. The Morgan fingerprint density at radius 1 is 1.42 bits per heavy atom. The normalized spacial score (nSPS) is 9.58. The van der Waals surface area contributed by atoms with Gasteiger partial charge in [0.25, 0.3) is 0 Å². The largest absolute Gasteiger partial charge is 0.370 e. The second-order valence-electron chi connectivity index (χ2n) is 2.77. The van der Waals surface area contributed by atoms with Gasteiger partial charge in [0.1, 0.15) is 0 Å². The van der Waals surface area contributed by atoms with Gasteiger partial charge >= 0.3 is 6.03 Å². The molecule has 12 heavy (non-hydrogen) atoms. The van der Waals surface area contributed by atoms with Gasteiger partial charge in [-0.25, -0.2) is 4.79 Å². The molecule has 0 bridgehead atoms. The van der Waals surface area contributed by atoms with Crippen molar-refractivity contribution in [3.05, 3.63) is 0 Å². The summed E-state index contributed by atoms with van der Waals surface area (Å²) in [6, 6.07) is -0.176. The van der Waals surface area contributed by atoms with Crippen molar-refractivity contribution in [3.8, 4) is 0 Å². The summed E-state index contributed by atoms with van der Waals surface area (Å²) >= 11 is 0. The zero-order chi connectivity index (χ0) is 9.56. The van der Waals surface area contributed by atoms with Gasteiger partial charge in [0.2, 0.25) is 5.91 Å². The third kappa shape index (κ3) is 6.85. The third-order valence-electron chi connectivity index (χ3n) is 1.08. The summed E-state index contributed by atoms with van der Waals surface area (Å²) in [6.07, 6.45) is 0.172. The first-order chi connectivity index (χ1) is 5.52. The van der Waals surface area contributed by atoms with E-state index >= 15 is 0 Å². The average molecular weight is 173 g/mol. The Morgan fingerprint density at radius 3 is 2.42 bits per heavy atom. The van der Waals surface area contributed by atoms with Crippen LogP contribution in [0.15, 0.2) is 0 Å². The Labute approximate surface area is 71.7 Å². The van der Waals surface area contributed by atoms with Crippen molar-refractivity contribution in [2.75, 3.05) is 6.54 Å². The molecule has 0 fully saturated rings. The minimum Gasteiger partial charge on any atom is -0.370 e. The van der Waals surface area contributed by atoms with Crippen molar-refractivity contribution in [1.82, 2.24) is 10.6 Å². The van der Waals surface area contributed by atoms with Crippen LogP contribution in [0, 0.1) is 0 Å². The molecule has 0 heterocycles. The molecule has 5 heteroatoms. The van der Waals surface area contributed by atoms with Crippen LogP contribution in [0.2, 0.25) is 0 Å². The smallest absolute Gasteiger partial charge is 0.315 e. The van der Waals surface area contributed by atoms with Crippen LogP contribution in [0.3, 0.4) is 0 Å². The maximum absolute atomic E-state index is 10.9. The Balaban J connectivity index is 3.38. The number of amides is 3. The quantitative estimate of drug-likeness (QED) is 0.539. The molecule has 0 aromatic carbocycles. The van der Waals surface area contributed by atoms with Gasteiger partial charge in [0, 0.05) is 19.0 Å². The van der Waals surface area contributed by atoms with E-state index in [1.54, 1.807) is 0 Å². The number of urea groups is 1. The van der Waals surface area contributed by atoms with Gasteiger partial charge in [0.15, 0.2) is 0 Å². The number of carbonyl (C=O) groups is 2. The molecule has 0 radical (unpaired) electrons. The fourth-order valence-electron chi connectivity index (χ4n) is 0.612. The van der Waals surface area contributed by atoms with E-state index in [0.717, 1.165) is 0 Å². The molecule has 0 aliphatic heterocycles. The minimum absolute atomic E-state index is 0.0959. The summed E-state index contributed by atoms with van der Waals surface area (Å²) in [4.78, 5) is 21.1. The summed E-state index contributed by atoms with van der Waals surface area (Å²) in [5.74, 6) is -0.417. The lowest BCUT2D eigenvalue weighted by atomic mass is 10.4. The van der Waals surface area contributed by atoms with Crippen LogP contribution in [0.1, 0.15) is 20.3 Å².